The Morgan fingerprint density at radius 3 is 2.48 bits per heavy atom. The van der Waals surface area contributed by atoms with E-state index < -0.39 is 24.0 Å². The molecule has 6 nitrogen and oxygen atoms in total. The van der Waals surface area contributed by atoms with Gasteiger partial charge >= 0.3 is 11.9 Å². The van der Waals surface area contributed by atoms with E-state index in [0.29, 0.717) is 6.42 Å². The van der Waals surface area contributed by atoms with E-state index >= 15 is 0 Å². The van der Waals surface area contributed by atoms with Gasteiger partial charge in [0.2, 0.25) is 0 Å². The molecule has 7 heteroatoms. The maximum absolute atomic E-state index is 11.8. The second-order valence-corrected chi connectivity index (χ2v) is 6.96. The number of hydrogen-bond donors (Lipinski definition) is 2. The summed E-state index contributed by atoms with van der Waals surface area (Å²) in [4.78, 5) is 34.4. The maximum Gasteiger partial charge on any atom is 0.310 e. The largest absolute Gasteiger partial charge is 0.481 e. The van der Waals surface area contributed by atoms with Crippen LogP contribution in [0.5, 0.6) is 0 Å². The molecule has 139 valence electrons. The molecule has 2 rings (SSSR count). The van der Waals surface area contributed by atoms with Gasteiger partial charge in [-0.05, 0) is 37.5 Å². The Labute approximate surface area is 174 Å². The molecule has 0 bridgehead atoms. The van der Waals surface area contributed by atoms with Gasteiger partial charge in [-0.3, -0.25) is 9.59 Å². The summed E-state index contributed by atoms with van der Waals surface area (Å²) >= 11 is 0. The van der Waals surface area contributed by atoms with Crippen LogP contribution in [0.4, 0.5) is 0 Å². The summed E-state index contributed by atoms with van der Waals surface area (Å²) in [7, 11) is 0. The van der Waals surface area contributed by atoms with Crippen molar-refractivity contribution in [3.63, 3.8) is 0 Å². The van der Waals surface area contributed by atoms with Crippen LogP contribution in [0, 0.1) is 31.1 Å². The fourth-order valence-electron chi connectivity index (χ4n) is 4.28. The SMILES string of the molecule is [CH2-]C(=O)NC1[CH-]CCCC1CC1CCCC(OC(C)=O)C1C(=O)O.[Y]. The fraction of sp³-hybridized carbons (Fsp3) is 0.722. The van der Waals surface area contributed by atoms with Crippen molar-refractivity contribution in [3.05, 3.63) is 13.3 Å². The Morgan fingerprint density at radius 1 is 1.20 bits per heavy atom. The average Bonchev–Trinajstić information content (AvgIpc) is 2.48. The average molecular weight is 426 g/mol. The van der Waals surface area contributed by atoms with Crippen molar-refractivity contribution in [1.29, 1.82) is 0 Å². The van der Waals surface area contributed by atoms with Gasteiger partial charge in [0.05, 0.1) is 11.8 Å². The van der Waals surface area contributed by atoms with E-state index in [1.165, 1.54) is 6.92 Å². The summed E-state index contributed by atoms with van der Waals surface area (Å²) in [5.74, 6) is -2.13. The van der Waals surface area contributed by atoms with Gasteiger partial charge < -0.3 is 33.3 Å². The quantitative estimate of drug-likeness (QED) is 0.519. The van der Waals surface area contributed by atoms with Crippen LogP contribution in [-0.4, -0.2) is 35.1 Å². The molecule has 2 aliphatic carbocycles. The molecule has 2 N–H and O–H groups in total. The van der Waals surface area contributed by atoms with Gasteiger partial charge in [0.15, 0.2) is 0 Å². The first-order valence-corrected chi connectivity index (χ1v) is 8.74. The minimum Gasteiger partial charge on any atom is -0.481 e. The second kappa shape index (κ2) is 10.5. The topological polar surface area (TPSA) is 92.7 Å². The first kappa shape index (κ1) is 22.4. The number of amides is 1. The van der Waals surface area contributed by atoms with Crippen molar-refractivity contribution in [2.45, 2.75) is 64.0 Å². The molecular weight excluding hydrogens is 399 g/mol. The molecule has 1 amide bonds. The molecule has 2 saturated carbocycles. The van der Waals surface area contributed by atoms with Gasteiger partial charge in [0.1, 0.15) is 6.10 Å². The van der Waals surface area contributed by atoms with Gasteiger partial charge in [-0.15, -0.1) is 0 Å². The minimum atomic E-state index is -0.900. The molecule has 0 heterocycles. The van der Waals surface area contributed by atoms with Crippen LogP contribution in [0.25, 0.3) is 0 Å². The van der Waals surface area contributed by atoms with E-state index in [-0.39, 0.29) is 56.5 Å². The number of hydrogen-bond acceptors (Lipinski definition) is 4. The number of esters is 1. The van der Waals surface area contributed by atoms with Crippen molar-refractivity contribution < 1.29 is 56.9 Å². The van der Waals surface area contributed by atoms with E-state index in [1.807, 2.05) is 0 Å². The number of carbonyl (C=O) groups excluding carboxylic acids is 2. The molecule has 0 aromatic carbocycles. The van der Waals surface area contributed by atoms with E-state index in [2.05, 4.69) is 18.7 Å². The molecule has 2 fully saturated rings. The molecule has 0 aromatic rings. The summed E-state index contributed by atoms with van der Waals surface area (Å²) in [6, 6.07) is -0.0488. The molecular formula is C18H27NO5Y-2. The third kappa shape index (κ3) is 6.56. The molecule has 1 radical (unpaired) electrons. The monoisotopic (exact) mass is 426 g/mol. The van der Waals surface area contributed by atoms with Gasteiger partial charge in [-0.2, -0.15) is 6.42 Å². The molecule has 25 heavy (non-hydrogen) atoms. The Bertz CT molecular complexity index is 484. The molecule has 0 spiro atoms. The molecule has 0 aliphatic heterocycles. The third-order valence-corrected chi connectivity index (χ3v) is 5.22. The molecule has 0 saturated heterocycles. The smallest absolute Gasteiger partial charge is 0.310 e. The zero-order valence-corrected chi connectivity index (χ0v) is 17.6. The fourth-order valence-corrected chi connectivity index (χ4v) is 4.28. The van der Waals surface area contributed by atoms with Gasteiger partial charge in [0, 0.05) is 39.6 Å². The number of nitrogens with one attached hydrogen (secondary N) is 1. The van der Waals surface area contributed by atoms with Gasteiger partial charge in [-0.1, -0.05) is 18.9 Å². The van der Waals surface area contributed by atoms with E-state index in [0.717, 1.165) is 38.5 Å². The summed E-state index contributed by atoms with van der Waals surface area (Å²) in [5.41, 5.74) is 0. The Kier molecular flexibility index (Phi) is 9.43. The van der Waals surface area contributed by atoms with E-state index in [1.54, 1.807) is 0 Å². The Balaban J connectivity index is 0.00000312. The van der Waals surface area contributed by atoms with Crippen molar-refractivity contribution >= 4 is 17.8 Å². The summed E-state index contributed by atoms with van der Waals surface area (Å²) in [6.07, 6.45) is 7.50. The van der Waals surface area contributed by atoms with Gasteiger partial charge in [0.25, 0.3) is 0 Å². The van der Waals surface area contributed by atoms with Crippen molar-refractivity contribution in [2.24, 2.45) is 17.8 Å². The Morgan fingerprint density at radius 2 is 1.88 bits per heavy atom. The summed E-state index contributed by atoms with van der Waals surface area (Å²) in [6.45, 7) is 4.70. The molecule has 5 unspecified atom stereocenters. The standard InChI is InChI=1S/C18H27NO5.Y/c1-11(20)19-15-8-4-3-6-13(15)10-14-7-5-9-16(24-12(2)21)17(14)18(22)23;/h8,13-17H,1,3-7,9-10H2,2H3,(H,19,20)(H,22,23);/q-2;. The van der Waals surface area contributed by atoms with E-state index in [4.69, 9.17) is 4.74 Å². The first-order chi connectivity index (χ1) is 11.4. The second-order valence-electron chi connectivity index (χ2n) is 6.96. The number of carbonyl (C=O) groups is 3. The number of ether oxygens (including phenoxy) is 1. The number of carboxylic acid groups (broad SMARTS) is 1. The van der Waals surface area contributed by atoms with Crippen LogP contribution in [0.15, 0.2) is 0 Å². The summed E-state index contributed by atoms with van der Waals surface area (Å²) in [5, 5.41) is 12.5. The minimum absolute atomic E-state index is 0. The predicted molar refractivity (Wildman–Crippen MR) is 87.6 cm³/mol. The number of aliphatic carboxylic acids is 1. The third-order valence-electron chi connectivity index (χ3n) is 5.22. The van der Waals surface area contributed by atoms with Crippen LogP contribution in [0.1, 0.15) is 51.9 Å². The van der Waals surface area contributed by atoms with Crippen LogP contribution in [0.3, 0.4) is 0 Å². The first-order valence-electron chi connectivity index (χ1n) is 8.74. The van der Waals surface area contributed by atoms with Crippen LogP contribution in [0.2, 0.25) is 0 Å². The van der Waals surface area contributed by atoms with Crippen molar-refractivity contribution in [3.8, 4) is 0 Å². The molecule has 5 atom stereocenters. The maximum atomic E-state index is 11.8. The summed E-state index contributed by atoms with van der Waals surface area (Å²) < 4.78 is 5.27. The van der Waals surface area contributed by atoms with Crippen LogP contribution >= 0.6 is 0 Å². The zero-order valence-electron chi connectivity index (χ0n) is 14.8. The predicted octanol–water partition coefficient (Wildman–Crippen LogP) is 2.13. The number of rotatable bonds is 5. The number of carboxylic acids is 1. The van der Waals surface area contributed by atoms with E-state index in [9.17, 15) is 19.5 Å². The van der Waals surface area contributed by atoms with Crippen LogP contribution in [-0.2, 0) is 51.8 Å². The Hall–Kier alpha value is -0.616. The molecule has 2 aliphatic rings. The van der Waals surface area contributed by atoms with Crippen molar-refractivity contribution in [2.75, 3.05) is 0 Å². The van der Waals surface area contributed by atoms with Crippen molar-refractivity contribution in [1.82, 2.24) is 5.32 Å². The zero-order chi connectivity index (χ0) is 17.7. The van der Waals surface area contributed by atoms with Crippen LogP contribution < -0.4 is 5.32 Å². The molecule has 0 aromatic heterocycles. The normalized spacial score (nSPS) is 32.1. The van der Waals surface area contributed by atoms with Gasteiger partial charge in [-0.25, -0.2) is 0 Å².